The summed E-state index contributed by atoms with van der Waals surface area (Å²) < 4.78 is 20.9. The second-order valence-electron chi connectivity index (χ2n) is 7.83. The number of aromatic nitrogens is 3. The predicted molar refractivity (Wildman–Crippen MR) is 138 cm³/mol. The van der Waals surface area contributed by atoms with Crippen molar-refractivity contribution in [1.29, 1.82) is 5.26 Å². The van der Waals surface area contributed by atoms with Gasteiger partial charge in [-0.2, -0.15) is 5.26 Å². The molecule has 0 radical (unpaired) electrons. The maximum atomic E-state index is 13.4. The van der Waals surface area contributed by atoms with E-state index >= 15 is 0 Å². The molecular weight excluding hydrogens is 540 g/mol. The number of thioether (sulfide) groups is 1. The summed E-state index contributed by atoms with van der Waals surface area (Å²) in [6.07, 6.45) is 0. The molecule has 0 N–H and O–H groups in total. The number of nitrogens with zero attached hydrogens (tertiary/aromatic N) is 5. The van der Waals surface area contributed by atoms with Gasteiger partial charge < -0.3 is 4.74 Å². The van der Waals surface area contributed by atoms with E-state index in [9.17, 15) is 19.8 Å². The highest BCUT2D eigenvalue weighted by Gasteiger charge is 2.26. The fourth-order valence-corrected chi connectivity index (χ4v) is 5.36. The standard InChI is InChI=1S/C25H18Cl2FN5O3S/c1-15-30-31-25(33(15)20-8-6-19(28)7-9-20)37-23(13-32(34)35)18-10-21(26)24(22(27)11-18)36-14-17-5-3-2-4-16(17)12-29/h2-11,23H,13-14H2,1H3/t23-/m0/s1. The number of nitro groups is 1. The van der Waals surface area contributed by atoms with Gasteiger partial charge in [0.1, 0.15) is 23.5 Å². The normalized spacial score (nSPS) is 11.6. The Kier molecular flexibility index (Phi) is 8.28. The highest BCUT2D eigenvalue weighted by molar-refractivity contribution is 7.99. The summed E-state index contributed by atoms with van der Waals surface area (Å²) in [4.78, 5) is 11.1. The highest BCUT2D eigenvalue weighted by Crippen LogP contribution is 2.42. The van der Waals surface area contributed by atoms with Gasteiger partial charge in [-0.05, 0) is 55.0 Å². The largest absolute Gasteiger partial charge is 0.486 e. The van der Waals surface area contributed by atoms with E-state index in [1.807, 2.05) is 0 Å². The molecule has 0 spiro atoms. The van der Waals surface area contributed by atoms with Crippen LogP contribution < -0.4 is 4.74 Å². The first-order chi connectivity index (χ1) is 17.8. The average molecular weight is 558 g/mol. The SMILES string of the molecule is Cc1nnc(S[C@@H](C[N+](=O)[O-])c2cc(Cl)c(OCc3ccccc3C#N)c(Cl)c2)n1-c1ccc(F)cc1. The Morgan fingerprint density at radius 1 is 1.16 bits per heavy atom. The second-order valence-corrected chi connectivity index (χ2v) is 9.82. The molecule has 37 heavy (non-hydrogen) atoms. The van der Waals surface area contributed by atoms with E-state index < -0.39 is 22.5 Å². The molecule has 0 fully saturated rings. The Balaban J connectivity index is 1.62. The Labute approximate surface area is 225 Å². The van der Waals surface area contributed by atoms with Gasteiger partial charge in [-0.25, -0.2) is 4.39 Å². The number of hydrogen-bond acceptors (Lipinski definition) is 7. The third-order valence-electron chi connectivity index (χ3n) is 5.34. The molecule has 0 aliphatic heterocycles. The number of halogens is 3. The molecule has 0 saturated heterocycles. The van der Waals surface area contributed by atoms with E-state index in [-0.39, 0.29) is 22.4 Å². The van der Waals surface area contributed by atoms with Crippen LogP contribution >= 0.6 is 35.0 Å². The minimum Gasteiger partial charge on any atom is -0.486 e. The van der Waals surface area contributed by atoms with Crippen molar-refractivity contribution in [1.82, 2.24) is 14.8 Å². The molecule has 1 heterocycles. The third kappa shape index (κ3) is 6.20. The number of rotatable bonds is 9. The molecule has 1 aromatic heterocycles. The zero-order valence-electron chi connectivity index (χ0n) is 19.3. The third-order valence-corrected chi connectivity index (χ3v) is 7.09. The second kappa shape index (κ2) is 11.6. The lowest BCUT2D eigenvalue weighted by molar-refractivity contribution is -0.479. The van der Waals surface area contributed by atoms with Crippen molar-refractivity contribution in [2.24, 2.45) is 0 Å². The van der Waals surface area contributed by atoms with Crippen LogP contribution in [0.1, 0.15) is 27.8 Å². The summed E-state index contributed by atoms with van der Waals surface area (Å²) in [7, 11) is 0. The van der Waals surface area contributed by atoms with Crippen molar-refractivity contribution < 1.29 is 14.1 Å². The van der Waals surface area contributed by atoms with Crippen LogP contribution in [-0.4, -0.2) is 26.2 Å². The Morgan fingerprint density at radius 3 is 2.49 bits per heavy atom. The van der Waals surface area contributed by atoms with Crippen molar-refractivity contribution in [3.8, 4) is 17.5 Å². The van der Waals surface area contributed by atoms with Crippen molar-refractivity contribution in [2.45, 2.75) is 23.9 Å². The first-order valence-electron chi connectivity index (χ1n) is 10.8. The first kappa shape index (κ1) is 26.4. The molecule has 0 amide bonds. The number of aryl methyl sites for hydroxylation is 1. The van der Waals surface area contributed by atoms with E-state index in [2.05, 4.69) is 16.3 Å². The highest BCUT2D eigenvalue weighted by atomic mass is 35.5. The van der Waals surface area contributed by atoms with Crippen molar-refractivity contribution in [3.05, 3.63) is 109 Å². The van der Waals surface area contributed by atoms with Crippen molar-refractivity contribution >= 4 is 35.0 Å². The molecule has 0 unspecified atom stereocenters. The van der Waals surface area contributed by atoms with Gasteiger partial charge >= 0.3 is 0 Å². The van der Waals surface area contributed by atoms with Crippen LogP contribution in [0, 0.1) is 34.2 Å². The van der Waals surface area contributed by atoms with Gasteiger partial charge in [-0.15, -0.1) is 10.2 Å². The van der Waals surface area contributed by atoms with E-state index in [1.54, 1.807) is 60.0 Å². The van der Waals surface area contributed by atoms with Crippen molar-refractivity contribution in [2.75, 3.05) is 6.54 Å². The number of hydrogen-bond donors (Lipinski definition) is 0. The molecule has 0 aliphatic rings. The molecule has 4 aromatic rings. The molecule has 3 aromatic carbocycles. The molecule has 12 heteroatoms. The quantitative estimate of drug-likeness (QED) is 0.130. The zero-order valence-corrected chi connectivity index (χ0v) is 21.6. The Hall–Kier alpha value is -3.65. The first-order valence-corrected chi connectivity index (χ1v) is 12.5. The summed E-state index contributed by atoms with van der Waals surface area (Å²) in [6, 6.07) is 18.0. The Morgan fingerprint density at radius 2 is 1.84 bits per heavy atom. The van der Waals surface area contributed by atoms with Gasteiger partial charge in [0.05, 0.1) is 21.7 Å². The van der Waals surface area contributed by atoms with Gasteiger partial charge in [-0.3, -0.25) is 14.7 Å². The summed E-state index contributed by atoms with van der Waals surface area (Å²) in [5, 5.41) is 29.1. The van der Waals surface area contributed by atoms with E-state index in [1.165, 1.54) is 12.1 Å². The maximum Gasteiger partial charge on any atom is 0.220 e. The fraction of sp³-hybridized carbons (Fsp3) is 0.160. The number of ether oxygens (including phenoxy) is 1. The average Bonchev–Trinajstić information content (AvgIpc) is 3.23. The van der Waals surface area contributed by atoms with Gasteiger partial charge in [0.2, 0.25) is 6.54 Å². The molecule has 0 saturated carbocycles. The minimum atomic E-state index is -0.721. The predicted octanol–water partition coefficient (Wildman–Crippen LogP) is 6.58. The van der Waals surface area contributed by atoms with E-state index in [4.69, 9.17) is 27.9 Å². The molecule has 0 aliphatic carbocycles. The van der Waals surface area contributed by atoms with Crippen LogP contribution in [0.2, 0.25) is 10.0 Å². The number of nitriles is 1. The lowest BCUT2D eigenvalue weighted by Gasteiger charge is -2.17. The summed E-state index contributed by atoms with van der Waals surface area (Å²) in [5.41, 5.74) is 2.24. The van der Waals surface area contributed by atoms with Crippen LogP contribution in [0.3, 0.4) is 0 Å². The lowest BCUT2D eigenvalue weighted by Crippen LogP contribution is -2.11. The van der Waals surface area contributed by atoms with Crippen LogP contribution in [-0.2, 0) is 6.61 Å². The monoisotopic (exact) mass is 557 g/mol. The van der Waals surface area contributed by atoms with Crippen molar-refractivity contribution in [3.63, 3.8) is 0 Å². The summed E-state index contributed by atoms with van der Waals surface area (Å²) >= 11 is 14.1. The molecule has 4 rings (SSSR count). The summed E-state index contributed by atoms with van der Waals surface area (Å²) in [6.45, 7) is 1.35. The molecule has 8 nitrogen and oxygen atoms in total. The van der Waals surface area contributed by atoms with E-state index in [0.29, 0.717) is 33.4 Å². The zero-order chi connectivity index (χ0) is 26.5. The van der Waals surface area contributed by atoms with E-state index in [0.717, 1.165) is 11.8 Å². The van der Waals surface area contributed by atoms with Gasteiger partial charge in [-0.1, -0.05) is 53.2 Å². The van der Waals surface area contributed by atoms with Gasteiger partial charge in [0.25, 0.3) is 0 Å². The smallest absolute Gasteiger partial charge is 0.220 e. The molecular formula is C25H18Cl2FN5O3S. The van der Waals surface area contributed by atoms with Crippen LogP contribution in [0.5, 0.6) is 5.75 Å². The van der Waals surface area contributed by atoms with Crippen LogP contribution in [0.25, 0.3) is 5.69 Å². The fourth-order valence-electron chi connectivity index (χ4n) is 3.59. The topological polar surface area (TPSA) is 107 Å². The maximum absolute atomic E-state index is 13.4. The van der Waals surface area contributed by atoms with Gasteiger partial charge in [0, 0.05) is 16.2 Å². The molecule has 0 bridgehead atoms. The summed E-state index contributed by atoms with van der Waals surface area (Å²) in [5.74, 6) is 0.346. The number of benzene rings is 3. The van der Waals surface area contributed by atoms with Crippen LogP contribution in [0.15, 0.2) is 65.8 Å². The molecule has 188 valence electrons. The minimum absolute atomic E-state index is 0.0651. The Bertz CT molecular complexity index is 1470. The van der Waals surface area contributed by atoms with Gasteiger partial charge in [0.15, 0.2) is 10.9 Å². The lowest BCUT2D eigenvalue weighted by atomic mass is 10.1. The van der Waals surface area contributed by atoms with Crippen LogP contribution in [0.4, 0.5) is 4.39 Å². The molecule has 1 atom stereocenters.